The van der Waals surface area contributed by atoms with Gasteiger partial charge in [0, 0.05) is 26.6 Å². The third-order valence-electron chi connectivity index (χ3n) is 8.84. The van der Waals surface area contributed by atoms with E-state index in [0.717, 1.165) is 32.3 Å². The first-order valence-corrected chi connectivity index (χ1v) is 18.3. The maximum absolute atomic E-state index is 13.7. The van der Waals surface area contributed by atoms with Gasteiger partial charge in [-0.1, -0.05) is 48.0 Å². The molecule has 0 saturated heterocycles. The number of benzene rings is 3. The highest BCUT2D eigenvalue weighted by molar-refractivity contribution is 7.15. The number of nitrogens with one attached hydrogen (secondary N) is 2. The van der Waals surface area contributed by atoms with Crippen LogP contribution in [0.15, 0.2) is 77.8 Å². The Morgan fingerprint density at radius 2 is 1.57 bits per heavy atom. The van der Waals surface area contributed by atoms with Gasteiger partial charge in [-0.05, 0) is 103 Å². The van der Waals surface area contributed by atoms with Gasteiger partial charge in [-0.15, -0.1) is 21.5 Å². The van der Waals surface area contributed by atoms with E-state index in [-0.39, 0.29) is 12.3 Å². The van der Waals surface area contributed by atoms with Crippen LogP contribution in [0.5, 0.6) is 0 Å². The molecule has 1 aliphatic heterocycles. The molecule has 6 rings (SSSR count). The number of carbonyl (C=O) groups excluding carboxylic acids is 3. The number of ether oxygens (including phenoxy) is 2. The first-order chi connectivity index (χ1) is 25.0. The lowest BCUT2D eigenvalue weighted by Crippen LogP contribution is -2.29. The van der Waals surface area contributed by atoms with E-state index < -0.39 is 29.3 Å². The molecule has 53 heavy (non-hydrogen) atoms. The van der Waals surface area contributed by atoms with Gasteiger partial charge in [0.2, 0.25) is 0 Å². The molecular formula is C40H41ClN6O5S. The van der Waals surface area contributed by atoms with E-state index in [1.54, 1.807) is 87.6 Å². The summed E-state index contributed by atoms with van der Waals surface area (Å²) in [5.41, 5.74) is 3.76. The number of para-hydroxylation sites is 2. The summed E-state index contributed by atoms with van der Waals surface area (Å²) in [6, 6.07) is 21.2. The van der Waals surface area contributed by atoms with E-state index in [0.29, 0.717) is 39.2 Å². The third-order valence-corrected chi connectivity index (χ3v) is 10.3. The molecule has 0 unspecified atom stereocenters. The van der Waals surface area contributed by atoms with Gasteiger partial charge >= 0.3 is 12.1 Å². The molecule has 2 aromatic heterocycles. The van der Waals surface area contributed by atoms with Gasteiger partial charge in [0.25, 0.3) is 5.91 Å². The number of carbonyl (C=O) groups is 3. The molecule has 5 aromatic rings. The molecule has 0 aliphatic carbocycles. The van der Waals surface area contributed by atoms with Crippen molar-refractivity contribution in [1.82, 2.24) is 14.8 Å². The van der Waals surface area contributed by atoms with Crippen molar-refractivity contribution in [2.75, 3.05) is 10.6 Å². The minimum atomic E-state index is -1.12. The van der Waals surface area contributed by atoms with E-state index in [1.807, 2.05) is 42.7 Å². The van der Waals surface area contributed by atoms with E-state index in [4.69, 9.17) is 26.1 Å². The summed E-state index contributed by atoms with van der Waals surface area (Å²) in [4.78, 5) is 45.7. The Balaban J connectivity index is 1.19. The second kappa shape index (κ2) is 14.6. The Bertz CT molecular complexity index is 2240. The van der Waals surface area contributed by atoms with Gasteiger partial charge in [0.1, 0.15) is 28.1 Å². The van der Waals surface area contributed by atoms with Crippen LogP contribution < -0.4 is 10.6 Å². The van der Waals surface area contributed by atoms with Crippen molar-refractivity contribution >= 4 is 58.0 Å². The Morgan fingerprint density at radius 3 is 2.21 bits per heavy atom. The number of fused-ring (bicyclic) bond motifs is 3. The number of nitrogens with zero attached hydrogens (tertiary/aromatic N) is 4. The van der Waals surface area contributed by atoms with Gasteiger partial charge in [-0.2, -0.15) is 0 Å². The van der Waals surface area contributed by atoms with E-state index in [9.17, 15) is 14.4 Å². The number of esters is 1. The van der Waals surface area contributed by atoms with Crippen LogP contribution in [0, 0.1) is 20.8 Å². The zero-order chi connectivity index (χ0) is 38.2. The Hall–Kier alpha value is -5.33. The maximum Gasteiger partial charge on any atom is 0.412 e. The molecule has 0 radical (unpaired) electrons. The summed E-state index contributed by atoms with van der Waals surface area (Å²) in [6.07, 6.45) is -1.36. The molecule has 2 amide bonds. The summed E-state index contributed by atoms with van der Waals surface area (Å²) in [5, 5.41) is 16.0. The average molecular weight is 753 g/mol. The van der Waals surface area contributed by atoms with Crippen LogP contribution >= 0.6 is 22.9 Å². The normalized spacial score (nSPS) is 15.7. The van der Waals surface area contributed by atoms with Gasteiger partial charge < -0.3 is 14.8 Å². The first kappa shape index (κ1) is 37.4. The van der Waals surface area contributed by atoms with Gasteiger partial charge in [-0.3, -0.25) is 24.5 Å². The molecule has 1 aliphatic rings. The van der Waals surface area contributed by atoms with Crippen LogP contribution in [-0.2, 0) is 19.8 Å². The number of hydrogen-bond acceptors (Lipinski definition) is 9. The summed E-state index contributed by atoms with van der Waals surface area (Å²) in [7, 11) is 0. The average Bonchev–Trinajstić information content (AvgIpc) is 3.59. The van der Waals surface area contributed by atoms with Crippen LogP contribution in [0.1, 0.15) is 96.3 Å². The van der Waals surface area contributed by atoms with Crippen LogP contribution in [0.25, 0.3) is 5.00 Å². The molecule has 0 bridgehead atoms. The maximum atomic E-state index is 13.7. The second-order valence-corrected chi connectivity index (χ2v) is 15.8. The van der Waals surface area contributed by atoms with Gasteiger partial charge in [0.05, 0.1) is 23.5 Å². The minimum Gasteiger partial charge on any atom is -0.458 e. The number of aliphatic imine (C=N–C) groups is 1. The Morgan fingerprint density at radius 1 is 0.925 bits per heavy atom. The zero-order valence-corrected chi connectivity index (χ0v) is 32.4. The predicted molar refractivity (Wildman–Crippen MR) is 208 cm³/mol. The molecule has 0 fully saturated rings. The fourth-order valence-corrected chi connectivity index (χ4v) is 7.42. The largest absolute Gasteiger partial charge is 0.458 e. The van der Waals surface area contributed by atoms with Crippen molar-refractivity contribution in [2.24, 2.45) is 4.99 Å². The number of rotatable bonds is 8. The number of anilines is 2. The highest BCUT2D eigenvalue weighted by Gasteiger charge is 2.41. The lowest BCUT2D eigenvalue weighted by atomic mass is 9.95. The van der Waals surface area contributed by atoms with Gasteiger partial charge in [-0.25, -0.2) is 4.79 Å². The van der Waals surface area contributed by atoms with E-state index >= 15 is 0 Å². The van der Waals surface area contributed by atoms with Gasteiger partial charge in [0.15, 0.2) is 5.82 Å². The highest BCUT2D eigenvalue weighted by Crippen LogP contribution is 2.42. The highest BCUT2D eigenvalue weighted by atomic mass is 35.5. The van der Waals surface area contributed by atoms with Crippen molar-refractivity contribution in [3.63, 3.8) is 0 Å². The molecule has 2 atom stereocenters. The molecule has 274 valence electrons. The number of aryl methyl sites for hydroxylation is 2. The van der Waals surface area contributed by atoms with Crippen LogP contribution in [-0.4, -0.2) is 44.0 Å². The summed E-state index contributed by atoms with van der Waals surface area (Å²) in [5.74, 6) is 0.383. The van der Waals surface area contributed by atoms with E-state index in [2.05, 4.69) is 34.7 Å². The number of halogens is 1. The third kappa shape index (κ3) is 8.03. The molecule has 13 heteroatoms. The first-order valence-electron chi connectivity index (χ1n) is 17.1. The van der Waals surface area contributed by atoms with Crippen molar-refractivity contribution in [3.8, 4) is 5.00 Å². The Labute approximate surface area is 317 Å². The molecule has 0 saturated carbocycles. The fraction of sp³-hybridized carbons (Fsp3) is 0.300. The van der Waals surface area contributed by atoms with Crippen LogP contribution in [0.2, 0.25) is 5.02 Å². The number of thiophene rings is 1. The molecule has 11 nitrogen and oxygen atoms in total. The summed E-state index contributed by atoms with van der Waals surface area (Å²) >= 11 is 7.89. The molecule has 3 heterocycles. The Kier molecular flexibility index (Phi) is 10.3. The summed E-state index contributed by atoms with van der Waals surface area (Å²) in [6.45, 7) is 15.0. The molecular weight excluding hydrogens is 712 g/mol. The lowest BCUT2D eigenvalue weighted by Gasteiger charge is -2.24. The van der Waals surface area contributed by atoms with Crippen molar-refractivity contribution in [2.45, 2.75) is 79.1 Å². The zero-order valence-electron chi connectivity index (χ0n) is 30.8. The van der Waals surface area contributed by atoms with Crippen molar-refractivity contribution in [3.05, 3.63) is 122 Å². The van der Waals surface area contributed by atoms with E-state index in [1.165, 1.54) is 0 Å². The fourth-order valence-electron chi connectivity index (χ4n) is 6.09. The van der Waals surface area contributed by atoms with Crippen molar-refractivity contribution < 1.29 is 23.9 Å². The number of aromatic nitrogens is 3. The number of hydrogen-bond donors (Lipinski definition) is 2. The smallest absolute Gasteiger partial charge is 0.412 e. The monoisotopic (exact) mass is 752 g/mol. The predicted octanol–water partition coefficient (Wildman–Crippen LogP) is 9.27. The SMILES string of the molecule is Cc1sc2c(c1C)C(c1ccc(Cl)cc1)=N[C@](C)(CC(=O)O[C@H](C)c1ccc(C(=O)Nc3ccccc3NC(=O)OC(C)(C)C)cc1)c1nnc(C)n1-2. The summed E-state index contributed by atoms with van der Waals surface area (Å²) < 4.78 is 13.3. The van der Waals surface area contributed by atoms with Crippen LogP contribution in [0.4, 0.5) is 16.2 Å². The minimum absolute atomic E-state index is 0.100. The molecule has 0 spiro atoms. The lowest BCUT2D eigenvalue weighted by molar-refractivity contribution is -0.150. The molecule has 2 N–H and O–H groups in total. The number of amides is 2. The standard InChI is InChI=1S/C40H41ClN6O5S/c1-22-24(3)53-36-33(22)34(27-17-19-29(41)20-18-27)44-40(8,37-46-45-25(4)47(36)37)21-32(48)51-23(2)26-13-15-28(16-14-26)35(49)42-30-11-9-10-12-31(30)43-38(50)52-39(5,6)7/h9-20,23H,21H2,1-8H3,(H,42,49)(H,43,50)/t23-,40-/m1/s1. The topological polar surface area (TPSA) is 137 Å². The quantitative estimate of drug-likeness (QED) is 0.151. The second-order valence-electron chi connectivity index (χ2n) is 14.2. The van der Waals surface area contributed by atoms with Crippen LogP contribution in [0.3, 0.4) is 0 Å². The molecule has 3 aromatic carbocycles. The van der Waals surface area contributed by atoms with Crippen molar-refractivity contribution in [1.29, 1.82) is 0 Å².